The van der Waals surface area contributed by atoms with Gasteiger partial charge in [-0.05, 0) is 39.0 Å². The summed E-state index contributed by atoms with van der Waals surface area (Å²) < 4.78 is 0. The third-order valence-corrected chi connectivity index (χ3v) is 3.49. The van der Waals surface area contributed by atoms with E-state index in [1.54, 1.807) is 23.1 Å². The second-order valence-electron chi connectivity index (χ2n) is 4.01. The van der Waals surface area contributed by atoms with Gasteiger partial charge in [0.05, 0.1) is 10.0 Å². The second kappa shape index (κ2) is 6.86. The molecule has 0 aliphatic rings. The van der Waals surface area contributed by atoms with E-state index < -0.39 is 0 Å². The highest BCUT2D eigenvalue weighted by Gasteiger charge is 2.17. The SMILES string of the molecule is CCN(CC)C(=O)C(C)Nc1ccc(Cl)c(Cl)c1. The molecule has 0 aliphatic carbocycles. The van der Waals surface area contributed by atoms with E-state index in [9.17, 15) is 4.79 Å². The molecule has 0 aromatic heterocycles. The zero-order chi connectivity index (χ0) is 13.7. The quantitative estimate of drug-likeness (QED) is 0.897. The molecule has 3 nitrogen and oxygen atoms in total. The average Bonchev–Trinajstić information content (AvgIpc) is 2.35. The first-order valence-electron chi connectivity index (χ1n) is 6.00. The number of rotatable bonds is 5. The summed E-state index contributed by atoms with van der Waals surface area (Å²) in [5, 5.41) is 4.11. The summed E-state index contributed by atoms with van der Waals surface area (Å²) >= 11 is 11.8. The first-order valence-corrected chi connectivity index (χ1v) is 6.75. The number of carbonyl (C=O) groups is 1. The van der Waals surface area contributed by atoms with Crippen LogP contribution < -0.4 is 5.32 Å². The van der Waals surface area contributed by atoms with Crippen LogP contribution in [0.25, 0.3) is 0 Å². The van der Waals surface area contributed by atoms with Crippen molar-refractivity contribution < 1.29 is 4.79 Å². The molecule has 100 valence electrons. The minimum absolute atomic E-state index is 0.0751. The molecule has 0 saturated heterocycles. The molecule has 1 unspecified atom stereocenters. The van der Waals surface area contributed by atoms with Gasteiger partial charge in [-0.15, -0.1) is 0 Å². The maximum Gasteiger partial charge on any atom is 0.244 e. The van der Waals surface area contributed by atoms with Gasteiger partial charge in [-0.25, -0.2) is 0 Å². The predicted molar refractivity (Wildman–Crippen MR) is 77.5 cm³/mol. The van der Waals surface area contributed by atoms with E-state index in [-0.39, 0.29) is 11.9 Å². The largest absolute Gasteiger partial charge is 0.374 e. The van der Waals surface area contributed by atoms with Gasteiger partial charge in [-0.3, -0.25) is 4.79 Å². The van der Waals surface area contributed by atoms with Gasteiger partial charge in [0, 0.05) is 18.8 Å². The van der Waals surface area contributed by atoms with Crippen LogP contribution in [0, 0.1) is 0 Å². The molecule has 0 spiro atoms. The van der Waals surface area contributed by atoms with Crippen molar-refractivity contribution in [2.75, 3.05) is 18.4 Å². The Morgan fingerprint density at radius 3 is 2.39 bits per heavy atom. The number of hydrogen-bond donors (Lipinski definition) is 1. The average molecular weight is 289 g/mol. The number of likely N-dealkylation sites (N-methyl/N-ethyl adjacent to an activating group) is 1. The summed E-state index contributed by atoms with van der Waals surface area (Å²) in [6, 6.07) is 4.94. The van der Waals surface area contributed by atoms with E-state index in [0.717, 1.165) is 5.69 Å². The molecule has 1 aromatic carbocycles. The van der Waals surface area contributed by atoms with Crippen molar-refractivity contribution in [3.05, 3.63) is 28.2 Å². The molecule has 0 fully saturated rings. The standard InChI is InChI=1S/C13H18Cl2N2O/c1-4-17(5-2)13(18)9(3)16-10-6-7-11(14)12(15)8-10/h6-9,16H,4-5H2,1-3H3. The number of anilines is 1. The molecule has 0 saturated carbocycles. The Kier molecular flexibility index (Phi) is 5.76. The lowest BCUT2D eigenvalue weighted by atomic mass is 10.2. The number of benzene rings is 1. The van der Waals surface area contributed by atoms with Crippen LogP contribution in [0.5, 0.6) is 0 Å². The Balaban J connectivity index is 2.71. The minimum Gasteiger partial charge on any atom is -0.374 e. The van der Waals surface area contributed by atoms with Crippen molar-refractivity contribution in [3.8, 4) is 0 Å². The minimum atomic E-state index is -0.290. The summed E-state index contributed by atoms with van der Waals surface area (Å²) in [5.74, 6) is 0.0751. The molecular formula is C13H18Cl2N2O. The third kappa shape index (κ3) is 3.79. The molecule has 5 heteroatoms. The van der Waals surface area contributed by atoms with Crippen LogP contribution in [0.2, 0.25) is 10.0 Å². The molecular weight excluding hydrogens is 271 g/mol. The van der Waals surface area contributed by atoms with E-state index in [1.165, 1.54) is 0 Å². The molecule has 1 rings (SSSR count). The molecule has 1 N–H and O–H groups in total. The van der Waals surface area contributed by atoms with Crippen molar-refractivity contribution in [3.63, 3.8) is 0 Å². The first-order chi connectivity index (χ1) is 8.49. The smallest absolute Gasteiger partial charge is 0.244 e. The number of carbonyl (C=O) groups excluding carboxylic acids is 1. The Morgan fingerprint density at radius 1 is 1.28 bits per heavy atom. The van der Waals surface area contributed by atoms with E-state index >= 15 is 0 Å². The van der Waals surface area contributed by atoms with Crippen LogP contribution >= 0.6 is 23.2 Å². The van der Waals surface area contributed by atoms with Crippen LogP contribution in [0.4, 0.5) is 5.69 Å². The molecule has 18 heavy (non-hydrogen) atoms. The normalized spacial score (nSPS) is 12.1. The fourth-order valence-corrected chi connectivity index (χ4v) is 2.00. The fourth-order valence-electron chi connectivity index (χ4n) is 1.71. The highest BCUT2D eigenvalue weighted by atomic mass is 35.5. The molecule has 0 radical (unpaired) electrons. The number of amides is 1. The van der Waals surface area contributed by atoms with Gasteiger partial charge in [-0.1, -0.05) is 23.2 Å². The van der Waals surface area contributed by atoms with Crippen LogP contribution in [-0.4, -0.2) is 29.9 Å². The molecule has 0 bridgehead atoms. The van der Waals surface area contributed by atoms with Crippen LogP contribution in [0.3, 0.4) is 0 Å². The number of nitrogens with zero attached hydrogens (tertiary/aromatic N) is 1. The van der Waals surface area contributed by atoms with Crippen molar-refractivity contribution in [2.24, 2.45) is 0 Å². The topological polar surface area (TPSA) is 32.3 Å². The monoisotopic (exact) mass is 288 g/mol. The number of nitrogens with one attached hydrogen (secondary N) is 1. The Morgan fingerprint density at radius 2 is 1.89 bits per heavy atom. The van der Waals surface area contributed by atoms with Crippen molar-refractivity contribution in [1.82, 2.24) is 4.90 Å². The summed E-state index contributed by atoms with van der Waals surface area (Å²) in [4.78, 5) is 13.9. The summed E-state index contributed by atoms with van der Waals surface area (Å²) in [5.41, 5.74) is 0.789. The van der Waals surface area contributed by atoms with E-state index in [1.807, 2.05) is 20.8 Å². The summed E-state index contributed by atoms with van der Waals surface area (Å²) in [6.45, 7) is 7.19. The highest BCUT2D eigenvalue weighted by Crippen LogP contribution is 2.25. The van der Waals surface area contributed by atoms with Crippen LogP contribution in [0.15, 0.2) is 18.2 Å². The maximum absolute atomic E-state index is 12.1. The van der Waals surface area contributed by atoms with Gasteiger partial charge in [0.2, 0.25) is 5.91 Å². The van der Waals surface area contributed by atoms with Gasteiger partial charge in [0.1, 0.15) is 6.04 Å². The highest BCUT2D eigenvalue weighted by molar-refractivity contribution is 6.42. The second-order valence-corrected chi connectivity index (χ2v) is 4.82. The molecule has 0 heterocycles. The predicted octanol–water partition coefficient (Wildman–Crippen LogP) is 3.66. The van der Waals surface area contributed by atoms with E-state index in [2.05, 4.69) is 5.32 Å². The molecule has 1 amide bonds. The van der Waals surface area contributed by atoms with Crippen molar-refractivity contribution in [1.29, 1.82) is 0 Å². The van der Waals surface area contributed by atoms with E-state index in [4.69, 9.17) is 23.2 Å². The molecule has 0 aliphatic heterocycles. The lowest BCUT2D eigenvalue weighted by molar-refractivity contribution is -0.131. The van der Waals surface area contributed by atoms with E-state index in [0.29, 0.717) is 23.1 Å². The van der Waals surface area contributed by atoms with Crippen molar-refractivity contribution in [2.45, 2.75) is 26.8 Å². The van der Waals surface area contributed by atoms with Gasteiger partial charge in [-0.2, -0.15) is 0 Å². The molecule has 1 atom stereocenters. The lowest BCUT2D eigenvalue weighted by Gasteiger charge is -2.24. The third-order valence-electron chi connectivity index (χ3n) is 2.75. The first kappa shape index (κ1) is 15.1. The Bertz CT molecular complexity index is 419. The Hall–Kier alpha value is -0.930. The molecule has 1 aromatic rings. The zero-order valence-electron chi connectivity index (χ0n) is 10.8. The fraction of sp³-hybridized carbons (Fsp3) is 0.462. The van der Waals surface area contributed by atoms with Crippen LogP contribution in [-0.2, 0) is 4.79 Å². The van der Waals surface area contributed by atoms with Crippen molar-refractivity contribution >= 4 is 34.8 Å². The zero-order valence-corrected chi connectivity index (χ0v) is 12.3. The lowest BCUT2D eigenvalue weighted by Crippen LogP contribution is -2.41. The summed E-state index contributed by atoms with van der Waals surface area (Å²) in [7, 11) is 0. The Labute approximate surface area is 118 Å². The summed E-state index contributed by atoms with van der Waals surface area (Å²) in [6.07, 6.45) is 0. The van der Waals surface area contributed by atoms with Gasteiger partial charge in [0.15, 0.2) is 0 Å². The number of halogens is 2. The number of hydrogen-bond acceptors (Lipinski definition) is 2. The van der Waals surface area contributed by atoms with Gasteiger partial charge >= 0.3 is 0 Å². The maximum atomic E-state index is 12.1. The van der Waals surface area contributed by atoms with Gasteiger partial charge in [0.25, 0.3) is 0 Å². The van der Waals surface area contributed by atoms with Crippen LogP contribution in [0.1, 0.15) is 20.8 Å². The van der Waals surface area contributed by atoms with Gasteiger partial charge < -0.3 is 10.2 Å².